The summed E-state index contributed by atoms with van der Waals surface area (Å²) in [7, 11) is 1.89. The molecule has 12 heavy (non-hydrogen) atoms. The topological polar surface area (TPSA) is 38.1 Å². The summed E-state index contributed by atoms with van der Waals surface area (Å²) in [6.07, 6.45) is 0. The highest BCUT2D eigenvalue weighted by molar-refractivity contribution is 7.16. The molecular formula is C8H8N2OS. The first-order valence-corrected chi connectivity index (χ1v) is 4.35. The molecule has 0 spiro atoms. The van der Waals surface area contributed by atoms with E-state index < -0.39 is 0 Å². The maximum Gasteiger partial charge on any atom is 0.132 e. The van der Waals surface area contributed by atoms with Crippen LogP contribution in [0, 0.1) is 0 Å². The van der Waals surface area contributed by atoms with Crippen LogP contribution in [0.2, 0.25) is 0 Å². The van der Waals surface area contributed by atoms with E-state index in [2.05, 4.69) is 11.6 Å². The maximum atomic E-state index is 9.19. The highest BCUT2D eigenvalue weighted by Crippen LogP contribution is 2.23. The van der Waals surface area contributed by atoms with Crippen molar-refractivity contribution in [3.05, 3.63) is 23.8 Å². The molecule has 2 aromatic heterocycles. The molecule has 3 nitrogen and oxygen atoms in total. The number of aliphatic hydroxyl groups is 1. The molecule has 0 aliphatic carbocycles. The quantitative estimate of drug-likeness (QED) is 0.683. The maximum absolute atomic E-state index is 9.19. The third kappa shape index (κ3) is 0.848. The molecule has 0 atom stereocenters. The molecule has 62 valence electrons. The molecule has 0 radical (unpaired) electrons. The highest BCUT2D eigenvalue weighted by atomic mass is 32.1. The number of fused-ring (bicyclic) bond motifs is 1. The lowest BCUT2D eigenvalue weighted by molar-refractivity contribution is 0.507. The molecule has 4 heteroatoms. The van der Waals surface area contributed by atoms with Gasteiger partial charge in [0, 0.05) is 7.05 Å². The summed E-state index contributed by atoms with van der Waals surface area (Å²) in [6.45, 7) is 3.47. The van der Waals surface area contributed by atoms with Gasteiger partial charge in [0.1, 0.15) is 16.1 Å². The average molecular weight is 180 g/mol. The third-order valence-electron chi connectivity index (χ3n) is 1.81. The van der Waals surface area contributed by atoms with Crippen LogP contribution in [0.25, 0.3) is 16.1 Å². The first-order valence-electron chi connectivity index (χ1n) is 3.47. The molecule has 2 heterocycles. The highest BCUT2D eigenvalue weighted by Gasteiger charge is 2.08. The van der Waals surface area contributed by atoms with Gasteiger partial charge in [-0.1, -0.05) is 6.58 Å². The number of thiazole rings is 1. The zero-order valence-corrected chi connectivity index (χ0v) is 7.43. The van der Waals surface area contributed by atoms with E-state index in [9.17, 15) is 5.11 Å². The number of hydrogen-bond donors (Lipinski definition) is 1. The Morgan fingerprint density at radius 2 is 2.50 bits per heavy atom. The predicted octanol–water partition coefficient (Wildman–Crippen LogP) is 2.16. The minimum absolute atomic E-state index is 0.0858. The fourth-order valence-electron chi connectivity index (χ4n) is 1.21. The molecule has 0 aliphatic heterocycles. The largest absolute Gasteiger partial charge is 0.506 e. The third-order valence-corrected chi connectivity index (χ3v) is 2.73. The first-order chi connectivity index (χ1) is 5.70. The molecule has 0 aromatic carbocycles. The van der Waals surface area contributed by atoms with Crippen molar-refractivity contribution in [3.63, 3.8) is 0 Å². The Morgan fingerprint density at radius 1 is 1.75 bits per heavy atom. The van der Waals surface area contributed by atoms with Gasteiger partial charge in [-0.25, -0.2) is 4.98 Å². The zero-order valence-electron chi connectivity index (χ0n) is 6.61. The number of nitrogens with zero attached hydrogens (tertiary/aromatic N) is 2. The van der Waals surface area contributed by atoms with Gasteiger partial charge in [0.2, 0.25) is 0 Å². The Kier molecular flexibility index (Phi) is 1.44. The van der Waals surface area contributed by atoms with Crippen LogP contribution in [-0.2, 0) is 7.05 Å². The van der Waals surface area contributed by atoms with Gasteiger partial charge in [0.05, 0.1) is 11.2 Å². The van der Waals surface area contributed by atoms with Crippen molar-refractivity contribution < 1.29 is 5.11 Å². The summed E-state index contributed by atoms with van der Waals surface area (Å²) < 4.78 is 1.88. The predicted molar refractivity (Wildman–Crippen MR) is 50.3 cm³/mol. The van der Waals surface area contributed by atoms with Crippen LogP contribution in [0.1, 0.15) is 5.69 Å². The normalized spacial score (nSPS) is 10.8. The van der Waals surface area contributed by atoms with Gasteiger partial charge < -0.3 is 9.67 Å². The molecule has 0 amide bonds. The van der Waals surface area contributed by atoms with Gasteiger partial charge in [-0.15, -0.1) is 11.3 Å². The Bertz CT molecular complexity index is 441. The van der Waals surface area contributed by atoms with Gasteiger partial charge in [-0.2, -0.15) is 0 Å². The minimum atomic E-state index is 0.0858. The molecule has 0 unspecified atom stereocenters. The molecule has 0 bridgehead atoms. The molecule has 0 saturated carbocycles. The Hall–Kier alpha value is -1.29. The number of rotatable bonds is 1. The molecule has 0 saturated heterocycles. The molecular weight excluding hydrogens is 172 g/mol. The van der Waals surface area contributed by atoms with E-state index in [1.165, 1.54) is 0 Å². The van der Waals surface area contributed by atoms with Crippen molar-refractivity contribution in [1.29, 1.82) is 0 Å². The van der Waals surface area contributed by atoms with E-state index >= 15 is 0 Å². The fraction of sp³-hybridized carbons (Fsp3) is 0.125. The van der Waals surface area contributed by atoms with Crippen LogP contribution >= 0.6 is 11.3 Å². The summed E-state index contributed by atoms with van der Waals surface area (Å²) in [4.78, 5) is 5.18. The van der Waals surface area contributed by atoms with Gasteiger partial charge in [-0.05, 0) is 6.07 Å². The number of aromatic nitrogens is 2. The lowest BCUT2D eigenvalue weighted by atomic mass is 10.4. The summed E-state index contributed by atoms with van der Waals surface area (Å²) in [6, 6.07) is 1.83. The fourth-order valence-corrected chi connectivity index (χ4v) is 1.97. The van der Waals surface area contributed by atoms with Crippen LogP contribution in [0.3, 0.4) is 0 Å². The van der Waals surface area contributed by atoms with Crippen LogP contribution in [0.15, 0.2) is 18.2 Å². The van der Waals surface area contributed by atoms with Crippen molar-refractivity contribution in [3.8, 4) is 0 Å². The molecule has 1 N–H and O–H groups in total. The van der Waals surface area contributed by atoms with Crippen molar-refractivity contribution in [1.82, 2.24) is 9.55 Å². The summed E-state index contributed by atoms with van der Waals surface area (Å²) in [5.74, 6) is 0.0858. The van der Waals surface area contributed by atoms with Crippen molar-refractivity contribution >= 4 is 27.4 Å². The summed E-state index contributed by atoms with van der Waals surface area (Å²) in [5, 5.41) is 9.19. The van der Waals surface area contributed by atoms with Crippen LogP contribution in [-0.4, -0.2) is 14.7 Å². The average Bonchev–Trinajstić information content (AvgIpc) is 2.53. The van der Waals surface area contributed by atoms with Crippen LogP contribution in [0.5, 0.6) is 0 Å². The van der Waals surface area contributed by atoms with E-state index in [1.807, 2.05) is 17.7 Å². The van der Waals surface area contributed by atoms with E-state index in [0.717, 1.165) is 16.0 Å². The van der Waals surface area contributed by atoms with E-state index in [-0.39, 0.29) is 5.76 Å². The Balaban J connectivity index is 2.78. The first kappa shape index (κ1) is 7.36. The van der Waals surface area contributed by atoms with E-state index in [0.29, 0.717) is 0 Å². The minimum Gasteiger partial charge on any atom is -0.506 e. The van der Waals surface area contributed by atoms with E-state index in [1.54, 1.807) is 16.8 Å². The Labute approximate surface area is 73.6 Å². The molecule has 2 aromatic rings. The Morgan fingerprint density at radius 3 is 3.08 bits per heavy atom. The van der Waals surface area contributed by atoms with Crippen LogP contribution in [0.4, 0.5) is 0 Å². The number of aryl methyl sites for hydroxylation is 1. The lowest BCUT2D eigenvalue weighted by Crippen LogP contribution is -1.92. The van der Waals surface area contributed by atoms with Gasteiger partial charge in [0.25, 0.3) is 0 Å². The second kappa shape index (κ2) is 2.35. The number of aliphatic hydroxyl groups excluding tert-OH is 1. The molecule has 2 rings (SSSR count). The van der Waals surface area contributed by atoms with Crippen molar-refractivity contribution in [2.75, 3.05) is 0 Å². The van der Waals surface area contributed by atoms with E-state index in [4.69, 9.17) is 0 Å². The van der Waals surface area contributed by atoms with Gasteiger partial charge in [0.15, 0.2) is 0 Å². The monoisotopic (exact) mass is 180 g/mol. The lowest BCUT2D eigenvalue weighted by Gasteiger charge is -1.98. The zero-order chi connectivity index (χ0) is 8.72. The summed E-state index contributed by atoms with van der Waals surface area (Å²) >= 11 is 1.55. The standard InChI is InChI=1S/C8H8N2OS/c1-5(11)7-3-6-8(10(7)2)12-4-9-6/h3-4,11H,1H2,2H3. The van der Waals surface area contributed by atoms with Gasteiger partial charge in [-0.3, -0.25) is 0 Å². The SMILES string of the molecule is C=C(O)c1cc2ncsc2n1C. The van der Waals surface area contributed by atoms with Crippen molar-refractivity contribution in [2.45, 2.75) is 0 Å². The van der Waals surface area contributed by atoms with Gasteiger partial charge >= 0.3 is 0 Å². The smallest absolute Gasteiger partial charge is 0.132 e. The van der Waals surface area contributed by atoms with Crippen LogP contribution < -0.4 is 0 Å². The van der Waals surface area contributed by atoms with Crippen molar-refractivity contribution in [2.24, 2.45) is 7.05 Å². The summed E-state index contributed by atoms with van der Waals surface area (Å²) in [5.41, 5.74) is 3.42. The second-order valence-corrected chi connectivity index (χ2v) is 3.41. The second-order valence-electron chi connectivity index (χ2n) is 2.58. The molecule has 0 aliphatic rings. The number of hydrogen-bond acceptors (Lipinski definition) is 3. The molecule has 0 fully saturated rings.